The minimum absolute atomic E-state index is 0.192. The van der Waals surface area contributed by atoms with Crippen LogP contribution in [0.2, 0.25) is 0 Å². The van der Waals surface area contributed by atoms with E-state index in [0.717, 1.165) is 22.6 Å². The molecule has 0 saturated heterocycles. The number of hydrogen-bond acceptors (Lipinski definition) is 6. The van der Waals surface area contributed by atoms with Crippen LogP contribution >= 0.6 is 11.3 Å². The minimum atomic E-state index is -3.74. The quantitative estimate of drug-likeness (QED) is 0.439. The lowest BCUT2D eigenvalue weighted by Crippen LogP contribution is -2.45. The van der Waals surface area contributed by atoms with Crippen LogP contribution in [0.5, 0.6) is 0 Å². The summed E-state index contributed by atoms with van der Waals surface area (Å²) in [6.45, 7) is 1.18. The molecular formula is C25H23N5O2S2. The lowest BCUT2D eigenvalue weighted by Gasteiger charge is -2.31. The molecule has 34 heavy (non-hydrogen) atoms. The topological polar surface area (TPSA) is 93.1 Å². The number of benzene rings is 2. The van der Waals surface area contributed by atoms with Gasteiger partial charge in [0.2, 0.25) is 0 Å². The van der Waals surface area contributed by atoms with Gasteiger partial charge >= 0.3 is 0 Å². The van der Waals surface area contributed by atoms with Crippen LogP contribution < -0.4 is 4.90 Å². The molecule has 2 aromatic heterocycles. The van der Waals surface area contributed by atoms with E-state index in [2.05, 4.69) is 20.9 Å². The molecule has 172 valence electrons. The molecule has 4 aromatic rings. The van der Waals surface area contributed by atoms with Gasteiger partial charge in [-0.1, -0.05) is 36.4 Å². The van der Waals surface area contributed by atoms with Crippen molar-refractivity contribution in [2.24, 2.45) is 0 Å². The fourth-order valence-electron chi connectivity index (χ4n) is 4.41. The van der Waals surface area contributed by atoms with Gasteiger partial charge in [0.25, 0.3) is 10.0 Å². The number of aromatic nitrogens is 2. The molecule has 1 aliphatic rings. The van der Waals surface area contributed by atoms with Crippen LogP contribution in [-0.4, -0.2) is 35.3 Å². The number of nitriles is 1. The van der Waals surface area contributed by atoms with E-state index >= 15 is 0 Å². The highest BCUT2D eigenvalue weighted by atomic mass is 32.2. The summed E-state index contributed by atoms with van der Waals surface area (Å²) in [6, 6.07) is 20.7. The van der Waals surface area contributed by atoms with Gasteiger partial charge in [-0.15, -0.1) is 11.3 Å². The normalized spacial score (nSPS) is 16.6. The van der Waals surface area contributed by atoms with E-state index < -0.39 is 10.0 Å². The first-order valence-corrected chi connectivity index (χ1v) is 13.2. The van der Waals surface area contributed by atoms with E-state index in [-0.39, 0.29) is 12.6 Å². The minimum Gasteiger partial charge on any atom is -0.362 e. The van der Waals surface area contributed by atoms with Gasteiger partial charge in [0.1, 0.15) is 10.0 Å². The molecule has 0 saturated carbocycles. The average Bonchev–Trinajstić information content (AvgIpc) is 3.55. The number of thiophene rings is 1. The zero-order valence-electron chi connectivity index (χ0n) is 18.3. The standard InChI is InChI=1S/C25H23N5O2S2/c26-15-20-8-9-23-21(13-20)16-30(34(31,32)25-7-4-12-33-25)22(14-19-5-2-1-3-6-19)17-29(23)18-24-27-10-11-28-24/h1-13,22H,14,16-18H2,(H,27,28)/t22-/m1/s1. The summed E-state index contributed by atoms with van der Waals surface area (Å²) in [6.07, 6.45) is 4.06. The highest BCUT2D eigenvalue weighted by Gasteiger charge is 2.37. The number of nitrogens with zero attached hydrogens (tertiary/aromatic N) is 4. The van der Waals surface area contributed by atoms with Crippen molar-refractivity contribution in [3.05, 3.63) is 101 Å². The van der Waals surface area contributed by atoms with Gasteiger partial charge in [-0.2, -0.15) is 9.57 Å². The Morgan fingerprint density at radius 2 is 2.00 bits per heavy atom. The van der Waals surface area contributed by atoms with E-state index in [1.54, 1.807) is 46.3 Å². The number of aromatic amines is 1. The number of fused-ring (bicyclic) bond motifs is 1. The van der Waals surface area contributed by atoms with Gasteiger partial charge in [-0.3, -0.25) is 0 Å². The maximum absolute atomic E-state index is 13.8. The summed E-state index contributed by atoms with van der Waals surface area (Å²) in [5.41, 5.74) is 3.30. The van der Waals surface area contributed by atoms with Crippen molar-refractivity contribution in [1.29, 1.82) is 5.26 Å². The molecule has 0 spiro atoms. The summed E-state index contributed by atoms with van der Waals surface area (Å²) < 4.78 is 29.6. The second-order valence-electron chi connectivity index (χ2n) is 8.20. The monoisotopic (exact) mass is 489 g/mol. The largest absolute Gasteiger partial charge is 0.362 e. The van der Waals surface area contributed by atoms with Crippen molar-refractivity contribution in [2.75, 3.05) is 11.4 Å². The Bertz CT molecular complexity index is 1400. The molecule has 3 heterocycles. The average molecular weight is 490 g/mol. The summed E-state index contributed by atoms with van der Waals surface area (Å²) in [5, 5.41) is 11.3. The van der Waals surface area contributed by atoms with Crippen LogP contribution in [0.4, 0.5) is 5.69 Å². The second-order valence-corrected chi connectivity index (χ2v) is 11.3. The third-order valence-electron chi connectivity index (χ3n) is 5.98. The van der Waals surface area contributed by atoms with Crippen LogP contribution in [0.1, 0.15) is 22.5 Å². The fourth-order valence-corrected chi connectivity index (χ4v) is 7.12. The van der Waals surface area contributed by atoms with Crippen LogP contribution in [0.3, 0.4) is 0 Å². The Hall–Kier alpha value is -3.45. The first kappa shape index (κ1) is 22.3. The Kier molecular flexibility index (Phi) is 6.20. The maximum atomic E-state index is 13.8. The molecule has 1 atom stereocenters. The van der Waals surface area contributed by atoms with E-state index in [9.17, 15) is 13.7 Å². The number of anilines is 1. The van der Waals surface area contributed by atoms with Crippen LogP contribution in [0, 0.1) is 11.3 Å². The van der Waals surface area contributed by atoms with E-state index in [0.29, 0.717) is 29.3 Å². The SMILES string of the molecule is N#Cc1ccc2c(c1)CN(S(=O)(=O)c1cccs1)[C@H](Cc1ccccc1)CN2Cc1ncc[nH]1. The third kappa shape index (κ3) is 4.48. The van der Waals surface area contributed by atoms with Crippen LogP contribution in [0.25, 0.3) is 0 Å². The van der Waals surface area contributed by atoms with Gasteiger partial charge in [0.05, 0.1) is 18.2 Å². The molecule has 2 aromatic carbocycles. The van der Waals surface area contributed by atoms with Crippen LogP contribution in [0.15, 0.2) is 82.6 Å². The van der Waals surface area contributed by atoms with Crippen molar-refractivity contribution in [1.82, 2.24) is 14.3 Å². The van der Waals surface area contributed by atoms with Gasteiger partial charge in [0, 0.05) is 37.2 Å². The zero-order valence-corrected chi connectivity index (χ0v) is 20.0. The molecular weight excluding hydrogens is 466 g/mol. The Morgan fingerprint density at radius 3 is 2.71 bits per heavy atom. The molecule has 0 amide bonds. The summed E-state index contributed by atoms with van der Waals surface area (Å²) in [7, 11) is -3.74. The highest BCUT2D eigenvalue weighted by molar-refractivity contribution is 7.91. The maximum Gasteiger partial charge on any atom is 0.253 e. The summed E-state index contributed by atoms with van der Waals surface area (Å²) in [5.74, 6) is 0.795. The number of sulfonamides is 1. The van der Waals surface area contributed by atoms with Crippen molar-refractivity contribution >= 4 is 27.0 Å². The number of H-pyrrole nitrogens is 1. The highest BCUT2D eigenvalue weighted by Crippen LogP contribution is 2.34. The number of nitrogens with one attached hydrogen (secondary N) is 1. The molecule has 9 heteroatoms. The number of imidazole rings is 1. The number of hydrogen-bond donors (Lipinski definition) is 1. The molecule has 1 aliphatic heterocycles. The molecule has 1 N–H and O–H groups in total. The first-order chi connectivity index (χ1) is 16.5. The molecule has 0 unspecified atom stereocenters. The molecule has 5 rings (SSSR count). The third-order valence-corrected chi connectivity index (χ3v) is 9.25. The van der Waals surface area contributed by atoms with Crippen molar-refractivity contribution < 1.29 is 8.42 Å². The predicted molar refractivity (Wildman–Crippen MR) is 132 cm³/mol. The molecule has 0 aliphatic carbocycles. The zero-order chi connectivity index (χ0) is 23.5. The molecule has 0 radical (unpaired) electrons. The summed E-state index contributed by atoms with van der Waals surface area (Å²) in [4.78, 5) is 9.70. The first-order valence-electron chi connectivity index (χ1n) is 10.9. The van der Waals surface area contributed by atoms with E-state index in [1.807, 2.05) is 36.4 Å². The Labute approximate surface area is 203 Å². The van der Waals surface area contributed by atoms with Gasteiger partial charge < -0.3 is 9.88 Å². The van der Waals surface area contributed by atoms with E-state index in [1.165, 1.54) is 11.3 Å². The summed E-state index contributed by atoms with van der Waals surface area (Å²) >= 11 is 1.22. The van der Waals surface area contributed by atoms with Crippen LogP contribution in [-0.2, 0) is 29.5 Å². The van der Waals surface area contributed by atoms with Crippen molar-refractivity contribution in [2.45, 2.75) is 29.8 Å². The Balaban J connectivity index is 1.62. The second kappa shape index (κ2) is 9.43. The Morgan fingerprint density at radius 1 is 1.15 bits per heavy atom. The van der Waals surface area contributed by atoms with Gasteiger partial charge in [-0.05, 0) is 47.2 Å². The fraction of sp³-hybridized carbons (Fsp3) is 0.200. The molecule has 7 nitrogen and oxygen atoms in total. The number of rotatable bonds is 6. The predicted octanol–water partition coefficient (Wildman–Crippen LogP) is 4.17. The van der Waals surface area contributed by atoms with Gasteiger partial charge in [-0.25, -0.2) is 13.4 Å². The van der Waals surface area contributed by atoms with Crippen molar-refractivity contribution in [3.63, 3.8) is 0 Å². The molecule has 0 bridgehead atoms. The smallest absolute Gasteiger partial charge is 0.253 e. The lowest BCUT2D eigenvalue weighted by atomic mass is 10.1. The van der Waals surface area contributed by atoms with Gasteiger partial charge in [0.15, 0.2) is 0 Å². The van der Waals surface area contributed by atoms with E-state index in [4.69, 9.17) is 0 Å². The molecule has 0 fully saturated rings. The lowest BCUT2D eigenvalue weighted by molar-refractivity contribution is 0.318. The van der Waals surface area contributed by atoms with Crippen molar-refractivity contribution in [3.8, 4) is 6.07 Å².